The van der Waals surface area contributed by atoms with Crippen LogP contribution in [0.25, 0.3) is 0 Å². The molecule has 0 aromatic heterocycles. The fourth-order valence-electron chi connectivity index (χ4n) is 2.08. The summed E-state index contributed by atoms with van der Waals surface area (Å²) in [6, 6.07) is -0.0996. The first-order chi connectivity index (χ1) is 7.74. The smallest absolute Gasteiger partial charge is 0.236 e. The van der Waals surface area contributed by atoms with Gasteiger partial charge in [0.05, 0.1) is 12.6 Å². The Bertz CT molecular complexity index is 203. The molecule has 0 saturated heterocycles. The summed E-state index contributed by atoms with van der Waals surface area (Å²) in [6.45, 7) is 4.04. The van der Waals surface area contributed by atoms with Crippen LogP contribution in [0.5, 0.6) is 0 Å². The molecular formula is C12H24N2O2. The van der Waals surface area contributed by atoms with E-state index in [4.69, 9.17) is 4.74 Å². The van der Waals surface area contributed by atoms with Gasteiger partial charge in [0.1, 0.15) is 0 Å². The highest BCUT2D eigenvalue weighted by molar-refractivity contribution is 5.81. The lowest BCUT2D eigenvalue weighted by molar-refractivity contribution is -0.123. The van der Waals surface area contributed by atoms with Crippen molar-refractivity contribution in [3.8, 4) is 0 Å². The average molecular weight is 228 g/mol. The Kier molecular flexibility index (Phi) is 6.42. The molecule has 2 N–H and O–H groups in total. The quantitative estimate of drug-likeness (QED) is 0.637. The maximum Gasteiger partial charge on any atom is 0.236 e. The first kappa shape index (κ1) is 13.5. The van der Waals surface area contributed by atoms with Crippen molar-refractivity contribution >= 4 is 5.91 Å². The van der Waals surface area contributed by atoms with Crippen molar-refractivity contribution in [2.45, 2.75) is 38.6 Å². The summed E-state index contributed by atoms with van der Waals surface area (Å²) in [5.41, 5.74) is 0. The van der Waals surface area contributed by atoms with E-state index in [2.05, 4.69) is 10.6 Å². The lowest BCUT2D eigenvalue weighted by Gasteiger charge is -2.16. The molecule has 94 valence electrons. The molecule has 4 heteroatoms. The number of nitrogens with one attached hydrogen (secondary N) is 2. The molecule has 0 aromatic rings. The zero-order valence-corrected chi connectivity index (χ0v) is 10.4. The molecule has 0 aliphatic heterocycles. The summed E-state index contributed by atoms with van der Waals surface area (Å²) in [7, 11) is 1.63. The van der Waals surface area contributed by atoms with Crippen molar-refractivity contribution < 1.29 is 9.53 Å². The Morgan fingerprint density at radius 3 is 2.75 bits per heavy atom. The second-order valence-electron chi connectivity index (χ2n) is 4.56. The van der Waals surface area contributed by atoms with Gasteiger partial charge in [-0.15, -0.1) is 0 Å². The third kappa shape index (κ3) is 4.94. The Morgan fingerprint density at radius 2 is 2.12 bits per heavy atom. The van der Waals surface area contributed by atoms with Gasteiger partial charge in [-0.25, -0.2) is 0 Å². The molecule has 16 heavy (non-hydrogen) atoms. The maximum absolute atomic E-state index is 11.6. The van der Waals surface area contributed by atoms with Crippen molar-refractivity contribution in [1.29, 1.82) is 0 Å². The molecule has 1 fully saturated rings. The predicted molar refractivity (Wildman–Crippen MR) is 64.3 cm³/mol. The number of hydrogen-bond donors (Lipinski definition) is 2. The molecule has 1 atom stereocenters. The van der Waals surface area contributed by atoms with Gasteiger partial charge in [0, 0.05) is 13.7 Å². The maximum atomic E-state index is 11.6. The van der Waals surface area contributed by atoms with E-state index < -0.39 is 0 Å². The first-order valence-electron chi connectivity index (χ1n) is 6.24. The predicted octanol–water partition coefficient (Wildman–Crippen LogP) is 0.917. The van der Waals surface area contributed by atoms with Gasteiger partial charge in [0.25, 0.3) is 0 Å². The second-order valence-corrected chi connectivity index (χ2v) is 4.56. The summed E-state index contributed by atoms with van der Waals surface area (Å²) in [6.07, 6.45) is 5.32. The van der Waals surface area contributed by atoms with E-state index >= 15 is 0 Å². The van der Waals surface area contributed by atoms with Crippen LogP contribution in [-0.4, -0.2) is 38.8 Å². The van der Waals surface area contributed by atoms with Crippen molar-refractivity contribution in [2.24, 2.45) is 5.92 Å². The number of amides is 1. The highest BCUT2D eigenvalue weighted by atomic mass is 16.5. The van der Waals surface area contributed by atoms with Crippen LogP contribution in [0.3, 0.4) is 0 Å². The molecular weight excluding hydrogens is 204 g/mol. The molecule has 4 nitrogen and oxygen atoms in total. The molecule has 0 aromatic carbocycles. The lowest BCUT2D eigenvalue weighted by atomic mass is 10.1. The highest BCUT2D eigenvalue weighted by Gasteiger charge is 2.17. The van der Waals surface area contributed by atoms with Crippen molar-refractivity contribution in [3.05, 3.63) is 0 Å². The third-order valence-electron chi connectivity index (χ3n) is 3.19. The van der Waals surface area contributed by atoms with Crippen molar-refractivity contribution in [2.75, 3.05) is 26.8 Å². The molecule has 1 aliphatic carbocycles. The fourth-order valence-corrected chi connectivity index (χ4v) is 2.08. The van der Waals surface area contributed by atoms with Gasteiger partial charge in [-0.3, -0.25) is 4.79 Å². The fraction of sp³-hybridized carbons (Fsp3) is 0.917. The number of ether oxygens (including phenoxy) is 1. The van der Waals surface area contributed by atoms with Gasteiger partial charge >= 0.3 is 0 Å². The third-order valence-corrected chi connectivity index (χ3v) is 3.19. The minimum absolute atomic E-state index is 0.0649. The minimum Gasteiger partial charge on any atom is -0.383 e. The Balaban J connectivity index is 2.07. The minimum atomic E-state index is -0.0996. The van der Waals surface area contributed by atoms with E-state index in [0.717, 1.165) is 12.5 Å². The standard InChI is InChI=1S/C12H24N2O2/c1-10(12(15)13-7-8-16-2)14-9-11-5-3-4-6-11/h10-11,14H,3-9H2,1-2H3,(H,13,15). The van der Waals surface area contributed by atoms with Crippen LogP contribution in [0.4, 0.5) is 0 Å². The van der Waals surface area contributed by atoms with Gasteiger partial charge < -0.3 is 15.4 Å². The van der Waals surface area contributed by atoms with Crippen molar-refractivity contribution in [1.82, 2.24) is 10.6 Å². The normalized spacial score (nSPS) is 18.6. The average Bonchev–Trinajstić information content (AvgIpc) is 2.79. The van der Waals surface area contributed by atoms with Gasteiger partial charge in [-0.1, -0.05) is 12.8 Å². The Labute approximate surface area is 98.1 Å². The van der Waals surface area contributed by atoms with E-state index in [-0.39, 0.29) is 11.9 Å². The summed E-state index contributed by atoms with van der Waals surface area (Å²) < 4.78 is 4.88. The van der Waals surface area contributed by atoms with Crippen LogP contribution in [0.2, 0.25) is 0 Å². The Morgan fingerprint density at radius 1 is 1.44 bits per heavy atom. The van der Waals surface area contributed by atoms with Gasteiger partial charge in [-0.05, 0) is 32.2 Å². The Hall–Kier alpha value is -0.610. The van der Waals surface area contributed by atoms with Crippen LogP contribution in [0.1, 0.15) is 32.6 Å². The number of methoxy groups -OCH3 is 1. The van der Waals surface area contributed by atoms with Gasteiger partial charge in [-0.2, -0.15) is 0 Å². The summed E-state index contributed by atoms with van der Waals surface area (Å²) >= 11 is 0. The summed E-state index contributed by atoms with van der Waals surface area (Å²) in [4.78, 5) is 11.6. The van der Waals surface area contributed by atoms with Crippen LogP contribution >= 0.6 is 0 Å². The summed E-state index contributed by atoms with van der Waals surface area (Å²) in [5, 5.41) is 6.13. The zero-order chi connectivity index (χ0) is 11.8. The molecule has 1 amide bonds. The molecule has 1 saturated carbocycles. The van der Waals surface area contributed by atoms with Gasteiger partial charge in [0.15, 0.2) is 0 Å². The van der Waals surface area contributed by atoms with Crippen LogP contribution < -0.4 is 10.6 Å². The largest absolute Gasteiger partial charge is 0.383 e. The molecule has 0 heterocycles. The number of carbonyl (C=O) groups excluding carboxylic acids is 1. The van der Waals surface area contributed by atoms with E-state index in [0.29, 0.717) is 13.2 Å². The van der Waals surface area contributed by atoms with Crippen LogP contribution in [-0.2, 0) is 9.53 Å². The SMILES string of the molecule is COCCNC(=O)C(C)NCC1CCCC1. The molecule has 1 unspecified atom stereocenters. The molecule has 0 radical (unpaired) electrons. The number of rotatable bonds is 7. The molecule has 1 rings (SSSR count). The monoisotopic (exact) mass is 228 g/mol. The molecule has 1 aliphatic rings. The lowest BCUT2D eigenvalue weighted by Crippen LogP contribution is -2.44. The first-order valence-corrected chi connectivity index (χ1v) is 6.24. The van der Waals surface area contributed by atoms with E-state index in [1.807, 2.05) is 6.92 Å². The highest BCUT2D eigenvalue weighted by Crippen LogP contribution is 2.23. The van der Waals surface area contributed by atoms with E-state index in [9.17, 15) is 4.79 Å². The van der Waals surface area contributed by atoms with E-state index in [1.165, 1.54) is 25.7 Å². The zero-order valence-electron chi connectivity index (χ0n) is 10.4. The summed E-state index contributed by atoms with van der Waals surface area (Å²) in [5.74, 6) is 0.837. The van der Waals surface area contributed by atoms with E-state index in [1.54, 1.807) is 7.11 Å². The number of carbonyl (C=O) groups is 1. The van der Waals surface area contributed by atoms with Crippen LogP contribution in [0.15, 0.2) is 0 Å². The molecule has 0 spiro atoms. The van der Waals surface area contributed by atoms with Crippen LogP contribution in [0, 0.1) is 5.92 Å². The van der Waals surface area contributed by atoms with Gasteiger partial charge in [0.2, 0.25) is 5.91 Å². The molecule has 0 bridgehead atoms. The van der Waals surface area contributed by atoms with Crippen molar-refractivity contribution in [3.63, 3.8) is 0 Å². The second kappa shape index (κ2) is 7.63. The topological polar surface area (TPSA) is 50.4 Å². The number of hydrogen-bond acceptors (Lipinski definition) is 3.